The zero-order valence-electron chi connectivity index (χ0n) is 17.5. The van der Waals surface area contributed by atoms with Crippen molar-refractivity contribution < 1.29 is 22.7 Å². The van der Waals surface area contributed by atoms with Gasteiger partial charge in [0.1, 0.15) is 4.90 Å². The highest BCUT2D eigenvalue weighted by atomic mass is 32.2. The minimum absolute atomic E-state index is 0.0961. The van der Waals surface area contributed by atoms with Crippen molar-refractivity contribution in [2.75, 3.05) is 26.3 Å². The number of ether oxygens (including phenoxy) is 2. The lowest BCUT2D eigenvalue weighted by molar-refractivity contribution is -0.124. The van der Waals surface area contributed by atoms with Gasteiger partial charge in [-0.3, -0.25) is 9.89 Å². The Hall–Kier alpha value is -2.59. The molecule has 10 heteroatoms. The van der Waals surface area contributed by atoms with Gasteiger partial charge in [-0.15, -0.1) is 0 Å². The second kappa shape index (κ2) is 9.48. The molecule has 2 N–H and O–H groups in total. The third kappa shape index (κ3) is 4.93. The largest absolute Gasteiger partial charge is 0.490 e. The van der Waals surface area contributed by atoms with Crippen LogP contribution in [0.5, 0.6) is 11.5 Å². The number of aromatic amines is 1. The molecule has 0 aliphatic carbocycles. The molecule has 0 saturated carbocycles. The van der Waals surface area contributed by atoms with E-state index in [4.69, 9.17) is 9.47 Å². The van der Waals surface area contributed by atoms with Crippen molar-refractivity contribution in [1.29, 1.82) is 0 Å². The standard InChI is InChI=1S/C20H28N4O5S/c1-4-28-17-7-5-6-8-18(17)29-13-19(25)21-16-9-11-24(12-10-16)30(26,27)20-14(2)22-23-15(20)3/h5-8,16H,4,9-13H2,1-3H3,(H,21,25)(H,22,23). The van der Waals surface area contributed by atoms with Gasteiger partial charge >= 0.3 is 0 Å². The SMILES string of the molecule is CCOc1ccccc1OCC(=O)NC1CCN(S(=O)(=O)c2c(C)n[nH]c2C)CC1. The van der Waals surface area contributed by atoms with Crippen LogP contribution in [0.1, 0.15) is 31.2 Å². The molecular formula is C20H28N4O5S. The summed E-state index contributed by atoms with van der Waals surface area (Å²) in [6.45, 7) is 6.31. The number of nitrogens with one attached hydrogen (secondary N) is 2. The number of amides is 1. The Labute approximate surface area is 176 Å². The summed E-state index contributed by atoms with van der Waals surface area (Å²) in [5.41, 5.74) is 1.000. The summed E-state index contributed by atoms with van der Waals surface area (Å²) in [5.74, 6) is 0.863. The molecule has 1 aromatic heterocycles. The van der Waals surface area contributed by atoms with Gasteiger partial charge in [0.15, 0.2) is 18.1 Å². The number of para-hydroxylation sites is 2. The van der Waals surface area contributed by atoms with Gasteiger partial charge < -0.3 is 14.8 Å². The molecule has 9 nitrogen and oxygen atoms in total. The Morgan fingerprint density at radius 2 is 1.83 bits per heavy atom. The van der Waals surface area contributed by atoms with Gasteiger partial charge in [0.2, 0.25) is 10.0 Å². The van der Waals surface area contributed by atoms with Crippen LogP contribution in [-0.2, 0) is 14.8 Å². The molecule has 0 spiro atoms. The molecule has 0 unspecified atom stereocenters. The highest BCUT2D eigenvalue weighted by Crippen LogP contribution is 2.27. The summed E-state index contributed by atoms with van der Waals surface area (Å²) >= 11 is 0. The fraction of sp³-hybridized carbons (Fsp3) is 0.500. The predicted molar refractivity (Wildman–Crippen MR) is 111 cm³/mol. The minimum atomic E-state index is -3.60. The van der Waals surface area contributed by atoms with Crippen LogP contribution >= 0.6 is 0 Å². The van der Waals surface area contributed by atoms with Gasteiger partial charge in [-0.1, -0.05) is 12.1 Å². The van der Waals surface area contributed by atoms with Crippen LogP contribution in [0.2, 0.25) is 0 Å². The van der Waals surface area contributed by atoms with Crippen LogP contribution in [0.4, 0.5) is 0 Å². The second-order valence-electron chi connectivity index (χ2n) is 7.18. The van der Waals surface area contributed by atoms with Crippen LogP contribution in [0.15, 0.2) is 29.2 Å². The number of aryl methyl sites for hydroxylation is 2. The molecule has 164 valence electrons. The van der Waals surface area contributed by atoms with Crippen molar-refractivity contribution in [1.82, 2.24) is 19.8 Å². The van der Waals surface area contributed by atoms with E-state index in [0.29, 0.717) is 55.4 Å². The van der Waals surface area contributed by atoms with Crippen LogP contribution in [-0.4, -0.2) is 61.2 Å². The molecule has 3 rings (SSSR count). The average Bonchev–Trinajstić information content (AvgIpc) is 3.07. The van der Waals surface area contributed by atoms with Gasteiger partial charge in [-0.2, -0.15) is 9.40 Å². The van der Waals surface area contributed by atoms with Crippen molar-refractivity contribution >= 4 is 15.9 Å². The molecule has 0 atom stereocenters. The number of sulfonamides is 1. The van der Waals surface area contributed by atoms with E-state index >= 15 is 0 Å². The number of nitrogens with zero attached hydrogens (tertiary/aromatic N) is 2. The maximum Gasteiger partial charge on any atom is 0.258 e. The molecule has 1 amide bonds. The van der Waals surface area contributed by atoms with Crippen molar-refractivity contribution in [3.8, 4) is 11.5 Å². The third-order valence-corrected chi connectivity index (χ3v) is 7.15. The first kappa shape index (κ1) is 22.1. The van der Waals surface area contributed by atoms with Crippen LogP contribution < -0.4 is 14.8 Å². The zero-order chi connectivity index (χ0) is 21.7. The Balaban J connectivity index is 1.51. The Morgan fingerprint density at radius 3 is 2.40 bits per heavy atom. The number of H-pyrrole nitrogens is 1. The highest BCUT2D eigenvalue weighted by molar-refractivity contribution is 7.89. The number of hydrogen-bond donors (Lipinski definition) is 2. The number of carbonyl (C=O) groups excluding carboxylic acids is 1. The van der Waals surface area contributed by atoms with E-state index in [0.717, 1.165) is 0 Å². The van der Waals surface area contributed by atoms with Gasteiger partial charge in [0.25, 0.3) is 5.91 Å². The molecule has 30 heavy (non-hydrogen) atoms. The number of rotatable bonds is 8. The molecule has 1 aliphatic heterocycles. The van der Waals surface area contributed by atoms with Crippen molar-refractivity contribution in [2.24, 2.45) is 0 Å². The number of carbonyl (C=O) groups is 1. The molecular weight excluding hydrogens is 408 g/mol. The summed E-state index contributed by atoms with van der Waals surface area (Å²) in [6.07, 6.45) is 1.08. The summed E-state index contributed by atoms with van der Waals surface area (Å²) in [4.78, 5) is 12.5. The fourth-order valence-electron chi connectivity index (χ4n) is 3.55. The van der Waals surface area contributed by atoms with Crippen LogP contribution in [0.25, 0.3) is 0 Å². The van der Waals surface area contributed by atoms with Gasteiger partial charge in [0, 0.05) is 19.1 Å². The van der Waals surface area contributed by atoms with Crippen molar-refractivity contribution in [2.45, 2.75) is 44.6 Å². The summed E-state index contributed by atoms with van der Waals surface area (Å²) < 4.78 is 38.3. The zero-order valence-corrected chi connectivity index (χ0v) is 18.3. The predicted octanol–water partition coefficient (Wildman–Crippen LogP) is 1.77. The maximum atomic E-state index is 12.9. The first-order valence-corrected chi connectivity index (χ1v) is 11.4. The lowest BCUT2D eigenvalue weighted by Gasteiger charge is -2.31. The number of hydrogen-bond acceptors (Lipinski definition) is 6. The van der Waals surface area contributed by atoms with Gasteiger partial charge in [-0.05, 0) is 45.7 Å². The normalized spacial score (nSPS) is 15.7. The van der Waals surface area contributed by atoms with E-state index in [1.54, 1.807) is 26.0 Å². The molecule has 0 bridgehead atoms. The van der Waals surface area contributed by atoms with E-state index < -0.39 is 10.0 Å². The minimum Gasteiger partial charge on any atom is -0.490 e. The van der Waals surface area contributed by atoms with Gasteiger partial charge in [0.05, 0.1) is 18.0 Å². The number of benzene rings is 1. The van der Waals surface area contributed by atoms with Crippen molar-refractivity contribution in [3.05, 3.63) is 35.7 Å². The summed E-state index contributed by atoms with van der Waals surface area (Å²) in [6, 6.07) is 7.10. The smallest absolute Gasteiger partial charge is 0.258 e. The lowest BCUT2D eigenvalue weighted by atomic mass is 10.1. The first-order chi connectivity index (χ1) is 14.3. The molecule has 1 aromatic carbocycles. The van der Waals surface area contributed by atoms with E-state index in [9.17, 15) is 13.2 Å². The maximum absolute atomic E-state index is 12.9. The Kier molecular flexibility index (Phi) is 6.99. The lowest BCUT2D eigenvalue weighted by Crippen LogP contribution is -2.47. The Bertz CT molecular complexity index is 961. The van der Waals surface area contributed by atoms with E-state index in [1.165, 1.54) is 4.31 Å². The number of piperidine rings is 1. The van der Waals surface area contributed by atoms with Crippen LogP contribution in [0, 0.1) is 13.8 Å². The third-order valence-electron chi connectivity index (χ3n) is 4.99. The molecule has 2 aromatic rings. The molecule has 1 saturated heterocycles. The monoisotopic (exact) mass is 436 g/mol. The fourth-order valence-corrected chi connectivity index (χ4v) is 5.35. The molecule has 0 radical (unpaired) electrons. The van der Waals surface area contributed by atoms with E-state index in [-0.39, 0.29) is 23.5 Å². The van der Waals surface area contributed by atoms with Gasteiger partial charge in [-0.25, -0.2) is 8.42 Å². The summed E-state index contributed by atoms with van der Waals surface area (Å²) in [5, 5.41) is 9.63. The van der Waals surface area contributed by atoms with Crippen LogP contribution in [0.3, 0.4) is 0 Å². The summed E-state index contributed by atoms with van der Waals surface area (Å²) in [7, 11) is -3.60. The van der Waals surface area contributed by atoms with E-state index in [2.05, 4.69) is 15.5 Å². The highest BCUT2D eigenvalue weighted by Gasteiger charge is 2.33. The molecule has 1 fully saturated rings. The van der Waals surface area contributed by atoms with E-state index in [1.807, 2.05) is 19.1 Å². The quantitative estimate of drug-likeness (QED) is 0.652. The average molecular weight is 437 g/mol. The Morgan fingerprint density at radius 1 is 1.20 bits per heavy atom. The molecule has 2 heterocycles. The first-order valence-electron chi connectivity index (χ1n) is 9.98. The molecule has 1 aliphatic rings. The topological polar surface area (TPSA) is 114 Å². The van der Waals surface area contributed by atoms with Crippen molar-refractivity contribution in [3.63, 3.8) is 0 Å². The number of aromatic nitrogens is 2. The second-order valence-corrected chi connectivity index (χ2v) is 9.05.